The lowest BCUT2D eigenvalue weighted by Gasteiger charge is -2.21. The minimum Gasteiger partial charge on any atom is -0.455 e. The Morgan fingerprint density at radius 3 is 2.88 bits per heavy atom. The van der Waals surface area contributed by atoms with Gasteiger partial charge in [-0.1, -0.05) is 22.0 Å². The predicted molar refractivity (Wildman–Crippen MR) is 99.8 cm³/mol. The van der Waals surface area contributed by atoms with E-state index in [0.29, 0.717) is 35.3 Å². The Labute approximate surface area is 159 Å². The molecule has 1 aliphatic rings. The number of ketones is 1. The SMILES string of the molecule is C=CCN(Cc1cc(Br)ccc1F)C(=O)c1oc2c(c1C)C(=O)CCC2. The van der Waals surface area contributed by atoms with Gasteiger partial charge in [-0.2, -0.15) is 0 Å². The van der Waals surface area contributed by atoms with Crippen LogP contribution in [0.1, 0.15) is 50.6 Å². The van der Waals surface area contributed by atoms with Gasteiger partial charge >= 0.3 is 0 Å². The topological polar surface area (TPSA) is 50.5 Å². The Bertz CT molecular complexity index is 887. The molecule has 0 spiro atoms. The van der Waals surface area contributed by atoms with Crippen LogP contribution in [0, 0.1) is 12.7 Å². The highest BCUT2D eigenvalue weighted by atomic mass is 79.9. The van der Waals surface area contributed by atoms with Crippen LogP contribution in [0.2, 0.25) is 0 Å². The number of rotatable bonds is 5. The zero-order valence-electron chi connectivity index (χ0n) is 14.5. The number of carbonyl (C=O) groups excluding carboxylic acids is 2. The number of carbonyl (C=O) groups is 2. The molecule has 1 aliphatic carbocycles. The Kier molecular flexibility index (Phi) is 5.41. The summed E-state index contributed by atoms with van der Waals surface area (Å²) in [5.41, 5.74) is 1.49. The second-order valence-electron chi connectivity index (χ2n) is 6.34. The van der Waals surface area contributed by atoms with Crippen molar-refractivity contribution in [3.8, 4) is 0 Å². The van der Waals surface area contributed by atoms with E-state index >= 15 is 0 Å². The van der Waals surface area contributed by atoms with Gasteiger partial charge in [0.05, 0.1) is 5.56 Å². The Morgan fingerprint density at radius 2 is 2.19 bits per heavy atom. The molecule has 0 atom stereocenters. The number of hydrogen-bond acceptors (Lipinski definition) is 3. The van der Waals surface area contributed by atoms with Crippen LogP contribution in [0.5, 0.6) is 0 Å². The van der Waals surface area contributed by atoms with Gasteiger partial charge < -0.3 is 9.32 Å². The van der Waals surface area contributed by atoms with Crippen molar-refractivity contribution in [1.29, 1.82) is 0 Å². The largest absolute Gasteiger partial charge is 0.455 e. The maximum atomic E-state index is 14.1. The Hall–Kier alpha value is -2.21. The summed E-state index contributed by atoms with van der Waals surface area (Å²) >= 11 is 3.32. The molecule has 0 N–H and O–H groups in total. The van der Waals surface area contributed by atoms with E-state index < -0.39 is 0 Å². The number of nitrogens with zero attached hydrogens (tertiary/aromatic N) is 1. The summed E-state index contributed by atoms with van der Waals surface area (Å²) in [4.78, 5) is 26.6. The summed E-state index contributed by atoms with van der Waals surface area (Å²) in [6.07, 6.45) is 3.43. The molecule has 3 rings (SSSR count). The van der Waals surface area contributed by atoms with Crippen molar-refractivity contribution >= 4 is 27.6 Å². The van der Waals surface area contributed by atoms with E-state index in [-0.39, 0.29) is 36.4 Å². The van der Waals surface area contributed by atoms with E-state index in [0.717, 1.165) is 10.9 Å². The third kappa shape index (κ3) is 3.51. The van der Waals surface area contributed by atoms with Gasteiger partial charge in [0.1, 0.15) is 11.6 Å². The minimum atomic E-state index is -0.388. The van der Waals surface area contributed by atoms with Crippen molar-refractivity contribution in [2.24, 2.45) is 0 Å². The Balaban J connectivity index is 1.94. The van der Waals surface area contributed by atoms with Gasteiger partial charge in [-0.15, -0.1) is 6.58 Å². The van der Waals surface area contributed by atoms with Crippen LogP contribution in [0.25, 0.3) is 0 Å². The van der Waals surface area contributed by atoms with Gasteiger partial charge in [0.2, 0.25) is 0 Å². The average Bonchev–Trinajstić information content (AvgIpc) is 2.95. The highest BCUT2D eigenvalue weighted by molar-refractivity contribution is 9.10. The molecule has 1 amide bonds. The van der Waals surface area contributed by atoms with Crippen LogP contribution in [-0.4, -0.2) is 23.1 Å². The molecule has 0 saturated heterocycles. The highest BCUT2D eigenvalue weighted by Crippen LogP contribution is 2.30. The molecular formula is C20H19BrFNO3. The molecule has 0 saturated carbocycles. The number of halogens is 2. The maximum absolute atomic E-state index is 14.1. The molecule has 1 aromatic carbocycles. The predicted octanol–water partition coefficient (Wildman–Crippen LogP) is 4.84. The number of furan rings is 1. The number of aryl methyl sites for hydroxylation is 1. The van der Waals surface area contributed by atoms with E-state index in [1.807, 2.05) is 0 Å². The molecule has 26 heavy (non-hydrogen) atoms. The van der Waals surface area contributed by atoms with Gasteiger partial charge in [-0.25, -0.2) is 4.39 Å². The second-order valence-corrected chi connectivity index (χ2v) is 7.26. The summed E-state index contributed by atoms with van der Waals surface area (Å²) in [7, 11) is 0. The van der Waals surface area contributed by atoms with Crippen molar-refractivity contribution < 1.29 is 18.4 Å². The maximum Gasteiger partial charge on any atom is 0.290 e. The summed E-state index contributed by atoms with van der Waals surface area (Å²) in [5.74, 6) is -0.0127. The van der Waals surface area contributed by atoms with Crippen molar-refractivity contribution in [3.63, 3.8) is 0 Å². The molecule has 1 heterocycles. The van der Waals surface area contributed by atoms with E-state index in [4.69, 9.17) is 4.42 Å². The fraction of sp³-hybridized carbons (Fsp3) is 0.300. The molecule has 1 aromatic heterocycles. The van der Waals surface area contributed by atoms with E-state index in [9.17, 15) is 14.0 Å². The third-order valence-electron chi connectivity index (χ3n) is 4.51. The van der Waals surface area contributed by atoms with Gasteiger partial charge in [-0.05, 0) is 31.5 Å². The molecule has 0 fully saturated rings. The standard InChI is InChI=1S/C20H19BrFNO3/c1-3-9-23(11-13-10-14(21)7-8-15(13)22)20(25)19-12(2)18-16(24)5-4-6-17(18)26-19/h3,7-8,10H,1,4-6,9,11H2,2H3. The van der Waals surface area contributed by atoms with Gasteiger partial charge in [0, 0.05) is 41.5 Å². The lowest BCUT2D eigenvalue weighted by atomic mass is 9.94. The molecule has 0 radical (unpaired) electrons. The lowest BCUT2D eigenvalue weighted by Crippen LogP contribution is -2.31. The van der Waals surface area contributed by atoms with E-state index in [2.05, 4.69) is 22.5 Å². The molecule has 4 nitrogen and oxygen atoms in total. The van der Waals surface area contributed by atoms with Crippen molar-refractivity contribution in [3.05, 3.63) is 69.4 Å². The first-order valence-electron chi connectivity index (χ1n) is 8.42. The molecule has 0 unspecified atom stereocenters. The molecule has 0 bridgehead atoms. The van der Waals surface area contributed by atoms with Crippen molar-refractivity contribution in [2.75, 3.05) is 6.54 Å². The van der Waals surface area contributed by atoms with Gasteiger partial charge in [-0.3, -0.25) is 9.59 Å². The fourth-order valence-electron chi connectivity index (χ4n) is 3.24. The molecule has 0 aliphatic heterocycles. The molecule has 6 heteroatoms. The molecule has 2 aromatic rings. The van der Waals surface area contributed by atoms with Crippen LogP contribution in [-0.2, 0) is 13.0 Å². The quantitative estimate of drug-likeness (QED) is 0.651. The van der Waals surface area contributed by atoms with Crippen LogP contribution in [0.15, 0.2) is 39.7 Å². The Morgan fingerprint density at radius 1 is 1.42 bits per heavy atom. The first-order chi connectivity index (χ1) is 12.4. The number of benzene rings is 1. The van der Waals surface area contributed by atoms with Gasteiger partial charge in [0.15, 0.2) is 11.5 Å². The first-order valence-corrected chi connectivity index (χ1v) is 9.21. The fourth-order valence-corrected chi connectivity index (χ4v) is 3.65. The summed E-state index contributed by atoms with van der Waals surface area (Å²) < 4.78 is 20.6. The molecular weight excluding hydrogens is 401 g/mol. The third-order valence-corrected chi connectivity index (χ3v) is 5.00. The smallest absolute Gasteiger partial charge is 0.290 e. The van der Waals surface area contributed by atoms with Crippen molar-refractivity contribution in [1.82, 2.24) is 4.90 Å². The zero-order valence-corrected chi connectivity index (χ0v) is 16.1. The second kappa shape index (κ2) is 7.58. The molecule has 136 valence electrons. The summed E-state index contributed by atoms with van der Waals surface area (Å²) in [6.45, 7) is 5.72. The van der Waals surface area contributed by atoms with Crippen LogP contribution >= 0.6 is 15.9 Å². The highest BCUT2D eigenvalue weighted by Gasteiger charge is 2.30. The van der Waals surface area contributed by atoms with E-state index in [1.165, 1.54) is 11.0 Å². The number of hydrogen-bond donors (Lipinski definition) is 0. The lowest BCUT2D eigenvalue weighted by molar-refractivity contribution is 0.0725. The monoisotopic (exact) mass is 419 g/mol. The van der Waals surface area contributed by atoms with E-state index in [1.54, 1.807) is 25.1 Å². The number of Topliss-reactive ketones (excluding diaryl/α,β-unsaturated/α-hetero) is 1. The van der Waals surface area contributed by atoms with Crippen molar-refractivity contribution in [2.45, 2.75) is 32.7 Å². The average molecular weight is 420 g/mol. The number of amides is 1. The summed E-state index contributed by atoms with van der Waals surface area (Å²) in [5, 5.41) is 0. The first kappa shape index (κ1) is 18.6. The van der Waals surface area contributed by atoms with Crippen LogP contribution in [0.4, 0.5) is 4.39 Å². The summed E-state index contributed by atoms with van der Waals surface area (Å²) in [6, 6.07) is 4.60. The normalized spacial score (nSPS) is 13.4. The van der Waals surface area contributed by atoms with Crippen LogP contribution < -0.4 is 0 Å². The van der Waals surface area contributed by atoms with Crippen LogP contribution in [0.3, 0.4) is 0 Å². The van der Waals surface area contributed by atoms with Gasteiger partial charge in [0.25, 0.3) is 5.91 Å². The minimum absolute atomic E-state index is 0.0138. The number of fused-ring (bicyclic) bond motifs is 1. The zero-order chi connectivity index (χ0) is 18.8.